The number of hydrogen-bond acceptors (Lipinski definition) is 3. The number of phenolic OH excluding ortho intramolecular Hbond substituents is 1. The van der Waals surface area contributed by atoms with Crippen molar-refractivity contribution in [3.63, 3.8) is 0 Å². The standard InChI is InChI=1S/C21H27NO2/c1-11-15-8-18-20(15,22(11)2)9-12-10-21(18,24)16-7-17(23)13-5-3-4-6-14(13)19(12)16/h7,11-12,15,18,23-24H,3-6,8-10H2,1-2H3. The van der Waals surface area contributed by atoms with Crippen LogP contribution in [0.1, 0.15) is 67.2 Å². The van der Waals surface area contributed by atoms with Crippen LogP contribution in [0.25, 0.3) is 0 Å². The number of hydrogen-bond donors (Lipinski definition) is 2. The highest BCUT2D eigenvalue weighted by molar-refractivity contribution is 5.58. The molecule has 24 heavy (non-hydrogen) atoms. The predicted octanol–water partition coefficient (Wildman–Crippen LogP) is 3.06. The first kappa shape index (κ1) is 14.1. The van der Waals surface area contributed by atoms with Gasteiger partial charge >= 0.3 is 0 Å². The molecule has 1 aromatic carbocycles. The number of likely N-dealkylation sites (tertiary alicyclic amines) is 1. The van der Waals surface area contributed by atoms with Gasteiger partial charge in [-0.1, -0.05) is 0 Å². The van der Waals surface area contributed by atoms with Crippen molar-refractivity contribution in [1.29, 1.82) is 0 Å². The largest absolute Gasteiger partial charge is 0.508 e. The molecule has 3 nitrogen and oxygen atoms in total. The fourth-order valence-electron chi connectivity index (χ4n) is 7.76. The molecule has 6 atom stereocenters. The molecule has 0 aromatic heterocycles. The lowest BCUT2D eigenvalue weighted by Crippen LogP contribution is -2.84. The van der Waals surface area contributed by atoms with Crippen molar-refractivity contribution in [3.05, 3.63) is 28.3 Å². The summed E-state index contributed by atoms with van der Waals surface area (Å²) >= 11 is 0. The fraction of sp³-hybridized carbons (Fsp3) is 0.714. The van der Waals surface area contributed by atoms with Gasteiger partial charge in [0.25, 0.3) is 0 Å². The minimum atomic E-state index is -0.701. The number of phenols is 1. The minimum Gasteiger partial charge on any atom is -0.508 e. The zero-order valence-electron chi connectivity index (χ0n) is 14.7. The van der Waals surface area contributed by atoms with Crippen LogP contribution in [0.2, 0.25) is 0 Å². The molecule has 6 unspecified atom stereocenters. The molecule has 2 N–H and O–H groups in total. The summed E-state index contributed by atoms with van der Waals surface area (Å²) in [6.45, 7) is 2.34. The quantitative estimate of drug-likeness (QED) is 0.770. The molecule has 1 aliphatic heterocycles. The zero-order chi connectivity index (χ0) is 16.4. The number of aliphatic hydroxyl groups is 1. The lowest BCUT2D eigenvalue weighted by Gasteiger charge is -2.77. The summed E-state index contributed by atoms with van der Waals surface area (Å²) in [4.78, 5) is 2.56. The SMILES string of the molecule is CC1C2CC3C4(O)CC(CC23N1C)c1c4cc(O)c2c1CCCC2. The van der Waals surface area contributed by atoms with Crippen molar-refractivity contribution in [3.8, 4) is 5.75 Å². The monoisotopic (exact) mass is 325 g/mol. The molecule has 2 bridgehead atoms. The average molecular weight is 325 g/mol. The van der Waals surface area contributed by atoms with Crippen LogP contribution in [-0.4, -0.2) is 33.7 Å². The van der Waals surface area contributed by atoms with E-state index in [4.69, 9.17) is 0 Å². The van der Waals surface area contributed by atoms with E-state index in [-0.39, 0.29) is 5.54 Å². The van der Waals surface area contributed by atoms with E-state index in [1.807, 2.05) is 6.07 Å². The van der Waals surface area contributed by atoms with E-state index < -0.39 is 5.60 Å². The molecular formula is C21H27NO2. The Morgan fingerprint density at radius 1 is 1.17 bits per heavy atom. The van der Waals surface area contributed by atoms with Crippen LogP contribution in [0.5, 0.6) is 5.75 Å². The first-order chi connectivity index (χ1) is 11.5. The van der Waals surface area contributed by atoms with E-state index in [0.717, 1.165) is 37.2 Å². The lowest BCUT2D eigenvalue weighted by molar-refractivity contribution is -0.296. The Labute approximate surface area is 143 Å². The Morgan fingerprint density at radius 3 is 2.67 bits per heavy atom. The number of fused-ring (bicyclic) bond motifs is 8. The Hall–Kier alpha value is -1.06. The zero-order valence-corrected chi connectivity index (χ0v) is 14.7. The van der Waals surface area contributed by atoms with Crippen molar-refractivity contribution < 1.29 is 10.2 Å². The summed E-state index contributed by atoms with van der Waals surface area (Å²) in [5, 5.41) is 22.4. The van der Waals surface area contributed by atoms with Gasteiger partial charge in [0, 0.05) is 17.5 Å². The van der Waals surface area contributed by atoms with Gasteiger partial charge in [-0.3, -0.25) is 4.90 Å². The summed E-state index contributed by atoms with van der Waals surface area (Å²) in [6, 6.07) is 2.61. The van der Waals surface area contributed by atoms with Gasteiger partial charge in [-0.25, -0.2) is 0 Å². The Kier molecular flexibility index (Phi) is 2.37. The molecule has 3 fully saturated rings. The Balaban J connectivity index is 1.56. The van der Waals surface area contributed by atoms with Gasteiger partial charge < -0.3 is 10.2 Å². The predicted molar refractivity (Wildman–Crippen MR) is 92.2 cm³/mol. The molecule has 4 aliphatic carbocycles. The summed E-state index contributed by atoms with van der Waals surface area (Å²) in [5.74, 6) is 2.06. The molecule has 1 aromatic rings. The van der Waals surface area contributed by atoms with E-state index in [2.05, 4.69) is 18.9 Å². The van der Waals surface area contributed by atoms with Gasteiger partial charge in [-0.05, 0) is 99.1 Å². The van der Waals surface area contributed by atoms with Crippen LogP contribution in [0.15, 0.2) is 6.07 Å². The number of rotatable bonds is 0. The lowest BCUT2D eigenvalue weighted by atomic mass is 9.41. The second-order valence-electron chi connectivity index (χ2n) is 9.29. The van der Waals surface area contributed by atoms with E-state index in [1.54, 1.807) is 0 Å². The van der Waals surface area contributed by atoms with Crippen molar-refractivity contribution in [2.24, 2.45) is 11.8 Å². The highest BCUT2D eigenvalue weighted by Gasteiger charge is 2.76. The normalized spacial score (nSPS) is 47.8. The maximum absolute atomic E-state index is 11.8. The fourth-order valence-corrected chi connectivity index (χ4v) is 7.76. The molecule has 1 saturated heterocycles. The van der Waals surface area contributed by atoms with Gasteiger partial charge in [0.15, 0.2) is 0 Å². The van der Waals surface area contributed by atoms with Gasteiger partial charge in [0.2, 0.25) is 0 Å². The molecule has 1 spiro atoms. The summed E-state index contributed by atoms with van der Waals surface area (Å²) in [7, 11) is 2.26. The Bertz CT molecular complexity index is 766. The maximum atomic E-state index is 11.8. The molecule has 0 radical (unpaired) electrons. The first-order valence-electron chi connectivity index (χ1n) is 9.82. The van der Waals surface area contributed by atoms with E-state index >= 15 is 0 Å². The van der Waals surface area contributed by atoms with Gasteiger partial charge in [0.05, 0.1) is 5.60 Å². The molecule has 3 heteroatoms. The third-order valence-corrected chi connectivity index (χ3v) is 8.84. The van der Waals surface area contributed by atoms with Crippen LogP contribution < -0.4 is 0 Å². The van der Waals surface area contributed by atoms with Gasteiger partial charge in [-0.15, -0.1) is 0 Å². The number of benzene rings is 1. The molecule has 1 heterocycles. The topological polar surface area (TPSA) is 43.7 Å². The highest BCUT2D eigenvalue weighted by atomic mass is 16.3. The molecule has 6 rings (SSSR count). The van der Waals surface area contributed by atoms with Crippen LogP contribution in [-0.2, 0) is 18.4 Å². The molecular weight excluding hydrogens is 298 g/mol. The molecule has 0 amide bonds. The van der Waals surface area contributed by atoms with Gasteiger partial charge in [0.1, 0.15) is 5.75 Å². The summed E-state index contributed by atoms with van der Waals surface area (Å²) in [5.41, 5.74) is 4.66. The van der Waals surface area contributed by atoms with Crippen LogP contribution >= 0.6 is 0 Å². The maximum Gasteiger partial charge on any atom is 0.119 e. The van der Waals surface area contributed by atoms with Crippen molar-refractivity contribution in [2.45, 2.75) is 75.0 Å². The summed E-state index contributed by atoms with van der Waals surface area (Å²) < 4.78 is 0. The first-order valence-corrected chi connectivity index (χ1v) is 9.82. The van der Waals surface area contributed by atoms with Gasteiger partial charge in [-0.2, -0.15) is 0 Å². The third kappa shape index (κ3) is 1.24. The molecule has 2 saturated carbocycles. The summed E-state index contributed by atoms with van der Waals surface area (Å²) in [6.07, 6.45) is 7.77. The number of piperidine rings is 1. The van der Waals surface area contributed by atoms with Crippen LogP contribution in [0.4, 0.5) is 0 Å². The third-order valence-electron chi connectivity index (χ3n) is 8.84. The molecule has 5 aliphatic rings. The second kappa shape index (κ2) is 4.02. The average Bonchev–Trinajstić information content (AvgIpc) is 2.80. The smallest absolute Gasteiger partial charge is 0.119 e. The van der Waals surface area contributed by atoms with Crippen LogP contribution in [0.3, 0.4) is 0 Å². The van der Waals surface area contributed by atoms with Crippen molar-refractivity contribution in [1.82, 2.24) is 4.90 Å². The van der Waals surface area contributed by atoms with Crippen molar-refractivity contribution in [2.75, 3.05) is 7.05 Å². The molecule has 128 valence electrons. The Morgan fingerprint density at radius 2 is 1.92 bits per heavy atom. The van der Waals surface area contributed by atoms with Crippen LogP contribution in [0, 0.1) is 11.8 Å². The van der Waals surface area contributed by atoms with E-state index in [1.165, 1.54) is 36.0 Å². The van der Waals surface area contributed by atoms with E-state index in [9.17, 15) is 10.2 Å². The minimum absolute atomic E-state index is 0.229. The van der Waals surface area contributed by atoms with E-state index in [0.29, 0.717) is 23.6 Å². The highest BCUT2D eigenvalue weighted by Crippen LogP contribution is 2.74. The van der Waals surface area contributed by atoms with Crippen molar-refractivity contribution >= 4 is 0 Å². The second-order valence-corrected chi connectivity index (χ2v) is 9.29. The number of aromatic hydroxyl groups is 1. The number of nitrogens with zero attached hydrogens (tertiary/aromatic N) is 1.